The standard InChI is InChI=1S/C24H32N2O2/c1-4-21-7-5-6-18(2)24(21)25-23(27)17-26-14-12-20(13-15-26)16-19-8-10-22(28-3)11-9-19/h5-11,20H,4,12-17H2,1-3H3,(H,25,27). The first-order chi connectivity index (χ1) is 13.6. The van der Waals surface area contributed by atoms with Crippen LogP contribution in [0.2, 0.25) is 0 Å². The fourth-order valence-electron chi connectivity index (χ4n) is 4.03. The van der Waals surface area contributed by atoms with E-state index in [1.807, 2.05) is 12.1 Å². The lowest BCUT2D eigenvalue weighted by molar-refractivity contribution is -0.117. The number of nitrogens with zero attached hydrogens (tertiary/aromatic N) is 1. The minimum atomic E-state index is 0.0950. The molecular weight excluding hydrogens is 348 g/mol. The zero-order valence-corrected chi connectivity index (χ0v) is 17.3. The van der Waals surface area contributed by atoms with E-state index in [2.05, 4.69) is 54.4 Å². The highest BCUT2D eigenvalue weighted by Gasteiger charge is 2.21. The van der Waals surface area contributed by atoms with Crippen molar-refractivity contribution in [1.29, 1.82) is 0 Å². The van der Waals surface area contributed by atoms with Gasteiger partial charge in [-0.25, -0.2) is 0 Å². The van der Waals surface area contributed by atoms with Gasteiger partial charge >= 0.3 is 0 Å². The molecule has 28 heavy (non-hydrogen) atoms. The molecule has 1 fully saturated rings. The second-order valence-corrected chi connectivity index (χ2v) is 7.78. The van der Waals surface area contributed by atoms with Gasteiger partial charge in [-0.3, -0.25) is 9.69 Å². The van der Waals surface area contributed by atoms with Gasteiger partial charge in [-0.05, 0) is 80.4 Å². The molecule has 4 heteroatoms. The Morgan fingerprint density at radius 3 is 2.50 bits per heavy atom. The van der Waals surface area contributed by atoms with E-state index < -0.39 is 0 Å². The maximum absolute atomic E-state index is 12.6. The molecule has 2 aromatic carbocycles. The quantitative estimate of drug-likeness (QED) is 0.771. The van der Waals surface area contributed by atoms with Gasteiger partial charge < -0.3 is 10.1 Å². The van der Waals surface area contributed by atoms with Crippen LogP contribution >= 0.6 is 0 Å². The van der Waals surface area contributed by atoms with Crippen molar-refractivity contribution in [2.75, 3.05) is 32.1 Å². The molecule has 1 saturated heterocycles. The van der Waals surface area contributed by atoms with Gasteiger partial charge in [-0.2, -0.15) is 0 Å². The predicted molar refractivity (Wildman–Crippen MR) is 115 cm³/mol. The van der Waals surface area contributed by atoms with Crippen LogP contribution in [0.5, 0.6) is 5.75 Å². The van der Waals surface area contributed by atoms with Crippen LogP contribution in [0.25, 0.3) is 0 Å². The number of amides is 1. The highest BCUT2D eigenvalue weighted by molar-refractivity contribution is 5.93. The predicted octanol–water partition coefficient (Wildman–Crippen LogP) is 4.46. The summed E-state index contributed by atoms with van der Waals surface area (Å²) in [6.45, 7) is 6.63. The van der Waals surface area contributed by atoms with Gasteiger partial charge in [0.1, 0.15) is 5.75 Å². The Morgan fingerprint density at radius 2 is 1.86 bits per heavy atom. The first-order valence-corrected chi connectivity index (χ1v) is 10.3. The molecular formula is C24H32N2O2. The lowest BCUT2D eigenvalue weighted by Gasteiger charge is -2.31. The molecule has 0 atom stereocenters. The molecule has 2 aromatic rings. The van der Waals surface area contributed by atoms with Gasteiger partial charge in [0.2, 0.25) is 5.91 Å². The summed E-state index contributed by atoms with van der Waals surface area (Å²) in [4.78, 5) is 14.9. The first-order valence-electron chi connectivity index (χ1n) is 10.3. The van der Waals surface area contributed by atoms with Gasteiger partial charge in [0.05, 0.1) is 13.7 Å². The van der Waals surface area contributed by atoms with Crippen LogP contribution in [0.3, 0.4) is 0 Å². The molecule has 1 aliphatic heterocycles. The molecule has 1 N–H and O–H groups in total. The third-order valence-corrected chi connectivity index (χ3v) is 5.76. The Morgan fingerprint density at radius 1 is 1.14 bits per heavy atom. The van der Waals surface area contributed by atoms with Crippen molar-refractivity contribution < 1.29 is 9.53 Å². The molecule has 0 unspecified atom stereocenters. The van der Waals surface area contributed by atoms with Crippen LogP contribution in [0.1, 0.15) is 36.5 Å². The fourth-order valence-corrected chi connectivity index (χ4v) is 4.03. The maximum Gasteiger partial charge on any atom is 0.238 e. The molecule has 0 aliphatic carbocycles. The number of nitrogens with one attached hydrogen (secondary N) is 1. The van der Waals surface area contributed by atoms with Gasteiger partial charge in [0.15, 0.2) is 0 Å². The fraction of sp³-hybridized carbons (Fsp3) is 0.458. The van der Waals surface area contributed by atoms with Crippen LogP contribution in [0, 0.1) is 12.8 Å². The molecule has 1 heterocycles. The molecule has 1 aliphatic rings. The topological polar surface area (TPSA) is 41.6 Å². The monoisotopic (exact) mass is 380 g/mol. The molecule has 3 rings (SSSR count). The molecule has 1 amide bonds. The number of aryl methyl sites for hydroxylation is 2. The first kappa shape index (κ1) is 20.4. The van der Waals surface area contributed by atoms with E-state index in [4.69, 9.17) is 4.74 Å². The highest BCUT2D eigenvalue weighted by atomic mass is 16.5. The van der Waals surface area contributed by atoms with Crippen molar-refractivity contribution in [2.45, 2.75) is 39.5 Å². The highest BCUT2D eigenvalue weighted by Crippen LogP contribution is 2.24. The van der Waals surface area contributed by atoms with Crippen molar-refractivity contribution >= 4 is 11.6 Å². The zero-order chi connectivity index (χ0) is 19.9. The largest absolute Gasteiger partial charge is 0.497 e. The third-order valence-electron chi connectivity index (χ3n) is 5.76. The molecule has 0 radical (unpaired) electrons. The number of piperidine rings is 1. The molecule has 4 nitrogen and oxygen atoms in total. The minimum absolute atomic E-state index is 0.0950. The average molecular weight is 381 g/mol. The van der Waals surface area contributed by atoms with Crippen molar-refractivity contribution in [3.8, 4) is 5.75 Å². The Kier molecular flexibility index (Phi) is 7.10. The van der Waals surface area contributed by atoms with Crippen LogP contribution in [-0.2, 0) is 17.6 Å². The van der Waals surface area contributed by atoms with E-state index in [1.165, 1.54) is 11.1 Å². The van der Waals surface area contributed by atoms with Crippen molar-refractivity contribution in [3.63, 3.8) is 0 Å². The smallest absolute Gasteiger partial charge is 0.238 e. The number of benzene rings is 2. The zero-order valence-electron chi connectivity index (χ0n) is 17.3. The Hall–Kier alpha value is -2.33. The average Bonchev–Trinajstić information content (AvgIpc) is 2.71. The second-order valence-electron chi connectivity index (χ2n) is 7.78. The van der Waals surface area contributed by atoms with E-state index in [-0.39, 0.29) is 5.91 Å². The van der Waals surface area contributed by atoms with Gasteiger partial charge in [-0.15, -0.1) is 0 Å². The number of para-hydroxylation sites is 1. The normalized spacial score (nSPS) is 15.4. The molecule has 0 aromatic heterocycles. The van der Waals surface area contributed by atoms with Crippen LogP contribution in [0.15, 0.2) is 42.5 Å². The van der Waals surface area contributed by atoms with Gasteiger partial charge in [0, 0.05) is 5.69 Å². The van der Waals surface area contributed by atoms with E-state index in [0.717, 1.165) is 55.8 Å². The van der Waals surface area contributed by atoms with Crippen molar-refractivity contribution in [3.05, 3.63) is 59.2 Å². The van der Waals surface area contributed by atoms with E-state index in [1.54, 1.807) is 7.11 Å². The second kappa shape index (κ2) is 9.74. The number of methoxy groups -OCH3 is 1. The summed E-state index contributed by atoms with van der Waals surface area (Å²) in [6, 6.07) is 14.6. The number of ether oxygens (including phenoxy) is 1. The maximum atomic E-state index is 12.6. The number of rotatable bonds is 7. The number of hydrogen-bond acceptors (Lipinski definition) is 3. The van der Waals surface area contributed by atoms with Crippen LogP contribution in [0.4, 0.5) is 5.69 Å². The summed E-state index contributed by atoms with van der Waals surface area (Å²) in [5.41, 5.74) is 4.69. The summed E-state index contributed by atoms with van der Waals surface area (Å²) >= 11 is 0. The Bertz CT molecular complexity index is 778. The Labute approximate surface area is 168 Å². The number of anilines is 1. The van der Waals surface area contributed by atoms with Crippen LogP contribution < -0.4 is 10.1 Å². The molecule has 0 spiro atoms. The SMILES string of the molecule is CCc1cccc(C)c1NC(=O)CN1CCC(Cc2ccc(OC)cc2)CC1. The number of carbonyl (C=O) groups is 1. The van der Waals surface area contributed by atoms with Crippen LogP contribution in [-0.4, -0.2) is 37.6 Å². The van der Waals surface area contributed by atoms with Gasteiger partial charge in [0.25, 0.3) is 0 Å². The number of likely N-dealkylation sites (tertiary alicyclic amines) is 1. The molecule has 0 saturated carbocycles. The summed E-state index contributed by atoms with van der Waals surface area (Å²) in [7, 11) is 1.70. The minimum Gasteiger partial charge on any atom is -0.497 e. The summed E-state index contributed by atoms with van der Waals surface area (Å²) in [5.74, 6) is 1.69. The van der Waals surface area contributed by atoms with Crippen molar-refractivity contribution in [2.24, 2.45) is 5.92 Å². The summed E-state index contributed by atoms with van der Waals surface area (Å²) in [5, 5.41) is 3.15. The summed E-state index contributed by atoms with van der Waals surface area (Å²) < 4.78 is 5.23. The lowest BCUT2D eigenvalue weighted by Crippen LogP contribution is -2.39. The van der Waals surface area contributed by atoms with Gasteiger partial charge in [-0.1, -0.05) is 37.3 Å². The summed E-state index contributed by atoms with van der Waals surface area (Å²) in [6.07, 6.45) is 4.31. The third kappa shape index (κ3) is 5.35. The van der Waals surface area contributed by atoms with E-state index in [9.17, 15) is 4.79 Å². The van der Waals surface area contributed by atoms with E-state index >= 15 is 0 Å². The van der Waals surface area contributed by atoms with E-state index in [0.29, 0.717) is 12.5 Å². The van der Waals surface area contributed by atoms with Crippen molar-refractivity contribution in [1.82, 2.24) is 4.90 Å². The molecule has 150 valence electrons. The number of hydrogen-bond donors (Lipinski definition) is 1. The molecule has 0 bridgehead atoms. The lowest BCUT2D eigenvalue weighted by atomic mass is 9.90. The Balaban J connectivity index is 1.47. The number of carbonyl (C=O) groups excluding carboxylic acids is 1.